The third kappa shape index (κ3) is 4.42. The van der Waals surface area contributed by atoms with Gasteiger partial charge in [0, 0.05) is 21.8 Å². The Hall–Kier alpha value is -3.43. The first-order valence-electron chi connectivity index (χ1n) is 9.82. The Bertz CT molecular complexity index is 1390. The summed E-state index contributed by atoms with van der Waals surface area (Å²) in [6.45, 7) is 1.75. The van der Waals surface area contributed by atoms with Crippen molar-refractivity contribution in [2.45, 2.75) is 17.9 Å². The molecule has 1 aromatic heterocycles. The molecule has 4 aromatic rings. The number of rotatable bonds is 2. The van der Waals surface area contributed by atoms with E-state index in [9.17, 15) is 17.2 Å². The quantitative estimate of drug-likeness (QED) is 0.362. The Morgan fingerprint density at radius 1 is 1.03 bits per heavy atom. The summed E-state index contributed by atoms with van der Waals surface area (Å²) in [5.41, 5.74) is 7.98. The molecule has 33 heavy (non-hydrogen) atoms. The van der Waals surface area contributed by atoms with Gasteiger partial charge in [-0.1, -0.05) is 17.7 Å². The molecule has 0 bridgehead atoms. The molecule has 1 aliphatic rings. The Morgan fingerprint density at radius 3 is 2.36 bits per heavy atom. The summed E-state index contributed by atoms with van der Waals surface area (Å²) in [6.07, 6.45) is 1.59. The molecule has 170 valence electrons. The van der Waals surface area contributed by atoms with Crippen molar-refractivity contribution in [2.24, 2.45) is 0 Å². The minimum Gasteiger partial charge on any atom is -0.399 e. The number of hydrogen-bond acceptors (Lipinski definition) is 4. The molecule has 0 fully saturated rings. The van der Waals surface area contributed by atoms with Crippen LogP contribution in [0, 0.1) is 11.6 Å². The van der Waals surface area contributed by atoms with E-state index in [0.717, 1.165) is 5.56 Å². The third-order valence-corrected chi connectivity index (χ3v) is 7.31. The molecule has 0 saturated carbocycles. The number of nitrogens with one attached hydrogen (secondary N) is 1. The van der Waals surface area contributed by atoms with Crippen LogP contribution in [0.1, 0.15) is 18.5 Å². The zero-order valence-corrected chi connectivity index (χ0v) is 18.9. The van der Waals surface area contributed by atoms with Crippen LogP contribution in [0.15, 0.2) is 77.8 Å². The lowest BCUT2D eigenvalue weighted by molar-refractivity contribution is 0.581. The van der Waals surface area contributed by atoms with Crippen molar-refractivity contribution in [1.29, 1.82) is 0 Å². The van der Waals surface area contributed by atoms with Gasteiger partial charge < -0.3 is 5.73 Å². The summed E-state index contributed by atoms with van der Waals surface area (Å²) in [7, 11) is -3.91. The topological polar surface area (TPSA) is 92.1 Å². The Balaban J connectivity index is 0.000000275. The van der Waals surface area contributed by atoms with Crippen LogP contribution < -0.4 is 10.0 Å². The number of aromatic amines is 1. The van der Waals surface area contributed by atoms with Crippen molar-refractivity contribution in [3.63, 3.8) is 0 Å². The van der Waals surface area contributed by atoms with E-state index in [4.69, 9.17) is 17.3 Å². The summed E-state index contributed by atoms with van der Waals surface area (Å²) in [6, 6.07) is 15.3. The van der Waals surface area contributed by atoms with Crippen LogP contribution in [-0.4, -0.2) is 18.6 Å². The molecule has 1 aliphatic heterocycles. The van der Waals surface area contributed by atoms with E-state index in [2.05, 4.69) is 10.2 Å². The van der Waals surface area contributed by atoms with Gasteiger partial charge in [-0.3, -0.25) is 9.40 Å². The molecule has 6 nitrogen and oxygen atoms in total. The Morgan fingerprint density at radius 2 is 1.73 bits per heavy atom. The van der Waals surface area contributed by atoms with Crippen molar-refractivity contribution in [3.8, 4) is 11.3 Å². The minimum atomic E-state index is -3.91. The highest BCUT2D eigenvalue weighted by Crippen LogP contribution is 2.46. The highest BCUT2D eigenvalue weighted by atomic mass is 35.5. The van der Waals surface area contributed by atoms with Gasteiger partial charge >= 0.3 is 0 Å². The fraction of sp³-hybridized carbons (Fsp3) is 0.0870. The fourth-order valence-corrected chi connectivity index (χ4v) is 5.40. The van der Waals surface area contributed by atoms with Gasteiger partial charge in [0.2, 0.25) is 0 Å². The number of aromatic nitrogens is 2. The van der Waals surface area contributed by atoms with Gasteiger partial charge in [-0.05, 0) is 67.6 Å². The molecule has 1 atom stereocenters. The van der Waals surface area contributed by atoms with Crippen LogP contribution in [0.25, 0.3) is 11.3 Å². The zero-order chi connectivity index (χ0) is 23.8. The third-order valence-electron chi connectivity index (χ3n) is 5.16. The van der Waals surface area contributed by atoms with Crippen LogP contribution in [0.3, 0.4) is 0 Å². The van der Waals surface area contributed by atoms with Crippen LogP contribution >= 0.6 is 11.6 Å². The maximum Gasteiger partial charge on any atom is 0.264 e. The molecule has 3 aromatic carbocycles. The molecule has 2 heterocycles. The van der Waals surface area contributed by atoms with E-state index >= 15 is 0 Å². The number of nitrogens with zero attached hydrogens (tertiary/aromatic N) is 2. The van der Waals surface area contributed by atoms with Gasteiger partial charge in [0.25, 0.3) is 10.0 Å². The van der Waals surface area contributed by atoms with Gasteiger partial charge in [-0.2, -0.15) is 5.10 Å². The van der Waals surface area contributed by atoms with E-state index < -0.39 is 21.9 Å². The molecule has 5 rings (SSSR count). The van der Waals surface area contributed by atoms with Crippen molar-refractivity contribution < 1.29 is 17.2 Å². The smallest absolute Gasteiger partial charge is 0.264 e. The SMILES string of the molecule is CC1c2cn[nH]c2-c2ccc(F)cc2N1S(=O)(=O)c1ccc(Cl)cc1.Nc1cccc(F)c1. The number of hydrogen-bond donors (Lipinski definition) is 2. The summed E-state index contributed by atoms with van der Waals surface area (Å²) in [4.78, 5) is 0.0888. The van der Waals surface area contributed by atoms with E-state index in [-0.39, 0.29) is 16.4 Å². The lowest BCUT2D eigenvalue weighted by Gasteiger charge is -2.35. The first-order chi connectivity index (χ1) is 15.7. The van der Waals surface area contributed by atoms with E-state index in [1.807, 2.05) is 0 Å². The van der Waals surface area contributed by atoms with Gasteiger partial charge in [0.05, 0.1) is 28.5 Å². The maximum absolute atomic E-state index is 13.9. The Labute approximate surface area is 194 Å². The van der Waals surface area contributed by atoms with E-state index in [0.29, 0.717) is 22.0 Å². The second kappa shape index (κ2) is 8.84. The van der Waals surface area contributed by atoms with Gasteiger partial charge in [0.15, 0.2) is 0 Å². The van der Waals surface area contributed by atoms with Crippen molar-refractivity contribution in [2.75, 3.05) is 10.0 Å². The highest BCUT2D eigenvalue weighted by molar-refractivity contribution is 7.92. The normalized spacial score (nSPS) is 14.7. The first kappa shape index (κ1) is 22.8. The molecule has 0 saturated heterocycles. The number of nitrogens with two attached hydrogens (primary N) is 1. The molecule has 0 amide bonds. The zero-order valence-electron chi connectivity index (χ0n) is 17.3. The lowest BCUT2D eigenvalue weighted by atomic mass is 9.97. The summed E-state index contributed by atoms with van der Waals surface area (Å²) in [5.74, 6) is -0.796. The number of sulfonamides is 1. The number of halogens is 3. The van der Waals surface area contributed by atoms with E-state index in [1.165, 1.54) is 52.8 Å². The monoisotopic (exact) mass is 488 g/mol. The molecular formula is C23H19ClF2N4O2S. The number of benzene rings is 3. The molecular weight excluding hydrogens is 470 g/mol. The standard InChI is InChI=1S/C17H13ClFN3O2S.C6H6FN/c1-10-15-9-20-21-17(15)14-7-4-12(19)8-16(14)22(10)25(23,24)13-5-2-11(18)3-6-13;7-5-2-1-3-6(8)4-5/h2-10H,1H3,(H,20,21);1-4H,8H2. The minimum absolute atomic E-state index is 0.0888. The van der Waals surface area contributed by atoms with Gasteiger partial charge in [0.1, 0.15) is 11.6 Å². The average Bonchev–Trinajstić information content (AvgIpc) is 3.25. The molecule has 0 spiro atoms. The van der Waals surface area contributed by atoms with Crippen molar-refractivity contribution in [1.82, 2.24) is 10.2 Å². The van der Waals surface area contributed by atoms with Gasteiger partial charge in [-0.25, -0.2) is 17.2 Å². The van der Waals surface area contributed by atoms with Crippen molar-refractivity contribution in [3.05, 3.63) is 95.1 Å². The van der Waals surface area contributed by atoms with Crippen molar-refractivity contribution >= 4 is 33.0 Å². The summed E-state index contributed by atoms with van der Waals surface area (Å²) < 4.78 is 53.7. The lowest BCUT2D eigenvalue weighted by Crippen LogP contribution is -2.36. The van der Waals surface area contributed by atoms with Crippen LogP contribution in [-0.2, 0) is 10.0 Å². The van der Waals surface area contributed by atoms with Crippen LogP contribution in [0.2, 0.25) is 5.02 Å². The second-order valence-electron chi connectivity index (χ2n) is 7.35. The molecule has 10 heteroatoms. The predicted molar refractivity (Wildman–Crippen MR) is 124 cm³/mol. The highest BCUT2D eigenvalue weighted by Gasteiger charge is 2.38. The van der Waals surface area contributed by atoms with Crippen LogP contribution in [0.4, 0.5) is 20.2 Å². The number of nitrogen functional groups attached to an aromatic ring is 1. The second-order valence-corrected chi connectivity index (χ2v) is 9.60. The largest absolute Gasteiger partial charge is 0.399 e. The summed E-state index contributed by atoms with van der Waals surface area (Å²) in [5, 5.41) is 7.33. The molecule has 1 unspecified atom stereocenters. The average molecular weight is 489 g/mol. The van der Waals surface area contributed by atoms with Crippen LogP contribution in [0.5, 0.6) is 0 Å². The first-order valence-corrected chi connectivity index (χ1v) is 11.6. The number of anilines is 2. The Kier molecular flexibility index (Phi) is 6.09. The fourth-order valence-electron chi connectivity index (χ4n) is 3.63. The maximum atomic E-state index is 13.9. The van der Waals surface area contributed by atoms with E-state index in [1.54, 1.807) is 31.3 Å². The molecule has 0 aliphatic carbocycles. The predicted octanol–water partition coefficient (Wildman–Crippen LogP) is 5.55. The number of fused-ring (bicyclic) bond motifs is 3. The molecule has 3 N–H and O–H groups in total. The summed E-state index contributed by atoms with van der Waals surface area (Å²) >= 11 is 5.86. The molecule has 0 radical (unpaired) electrons. The number of H-pyrrole nitrogens is 1. The van der Waals surface area contributed by atoms with Gasteiger partial charge in [-0.15, -0.1) is 0 Å².